The number of thioether (sulfide) groups is 1. The summed E-state index contributed by atoms with van der Waals surface area (Å²) in [6.45, 7) is 0. The highest BCUT2D eigenvalue weighted by molar-refractivity contribution is 8.01. The third kappa shape index (κ3) is 4.54. The molecule has 0 spiro atoms. The van der Waals surface area contributed by atoms with Gasteiger partial charge in [0.25, 0.3) is 0 Å². The number of rotatable bonds is 5. The second kappa shape index (κ2) is 7.69. The molecule has 0 saturated heterocycles. The van der Waals surface area contributed by atoms with Crippen LogP contribution in [0.15, 0.2) is 46.8 Å². The molecular weight excluding hydrogens is 447 g/mol. The predicted octanol–water partition coefficient (Wildman–Crippen LogP) is 4.85. The molecule has 3 aromatic rings. The van der Waals surface area contributed by atoms with Crippen molar-refractivity contribution >= 4 is 46.9 Å². The first-order chi connectivity index (χ1) is 13.8. The number of halogens is 3. The van der Waals surface area contributed by atoms with Crippen LogP contribution in [-0.2, 0) is 4.79 Å². The van der Waals surface area contributed by atoms with Gasteiger partial charge in [-0.15, -0.1) is 13.9 Å². The summed E-state index contributed by atoms with van der Waals surface area (Å²) >= 11 is 7.64. The molecule has 0 bridgehead atoms. The molecule has 2 heterocycles. The fraction of sp³-hybridized carbons (Fsp3) is 0.118. The van der Waals surface area contributed by atoms with E-state index in [9.17, 15) is 18.0 Å². The summed E-state index contributed by atoms with van der Waals surface area (Å²) < 4.78 is 50.3. The number of benzene rings is 2. The number of carbonyl (C=O) groups excluding carboxylic acids is 1. The highest BCUT2D eigenvalue weighted by Crippen LogP contribution is 2.42. The van der Waals surface area contributed by atoms with Gasteiger partial charge in [0.05, 0.1) is 11.4 Å². The van der Waals surface area contributed by atoms with E-state index in [1.165, 1.54) is 46.4 Å². The molecule has 0 aliphatic carbocycles. The van der Waals surface area contributed by atoms with Gasteiger partial charge in [0.2, 0.25) is 5.91 Å². The van der Waals surface area contributed by atoms with E-state index in [1.807, 2.05) is 0 Å². The SMILES string of the molecule is O=C(CSc1nn(-c2ccc(F)cc2)c(=S)s1)Nc1ccc2c(c1)OC(F)(F)O2. The van der Waals surface area contributed by atoms with E-state index in [0.29, 0.717) is 19.7 Å². The standard InChI is InChI=1S/C17H10F3N3O3S3/c18-9-1-4-11(5-2-9)23-16(27)29-15(22-23)28-8-14(24)21-10-3-6-12-13(7-10)26-17(19,20)25-12/h1-7H,8H2,(H,21,24). The fourth-order valence-corrected chi connectivity index (χ4v) is 4.58. The van der Waals surface area contributed by atoms with Crippen LogP contribution in [0.4, 0.5) is 18.9 Å². The summed E-state index contributed by atoms with van der Waals surface area (Å²) in [7, 11) is 0. The lowest BCUT2D eigenvalue weighted by Gasteiger charge is -2.05. The zero-order valence-corrected chi connectivity index (χ0v) is 16.7. The summed E-state index contributed by atoms with van der Waals surface area (Å²) in [5.74, 6) is -0.968. The van der Waals surface area contributed by atoms with E-state index >= 15 is 0 Å². The van der Waals surface area contributed by atoms with Crippen molar-refractivity contribution in [3.05, 3.63) is 52.2 Å². The van der Waals surface area contributed by atoms with E-state index in [0.717, 1.165) is 11.8 Å². The van der Waals surface area contributed by atoms with E-state index in [4.69, 9.17) is 12.2 Å². The van der Waals surface area contributed by atoms with Gasteiger partial charge in [-0.25, -0.2) is 9.07 Å². The van der Waals surface area contributed by atoms with Gasteiger partial charge >= 0.3 is 6.29 Å². The lowest BCUT2D eigenvalue weighted by molar-refractivity contribution is -0.286. The van der Waals surface area contributed by atoms with Crippen LogP contribution in [0.25, 0.3) is 5.69 Å². The minimum absolute atomic E-state index is 0.0241. The molecule has 1 aromatic heterocycles. The van der Waals surface area contributed by atoms with Crippen LogP contribution in [-0.4, -0.2) is 27.7 Å². The summed E-state index contributed by atoms with van der Waals surface area (Å²) in [4.78, 5) is 12.2. The minimum atomic E-state index is -3.71. The van der Waals surface area contributed by atoms with E-state index in [1.54, 1.807) is 12.1 Å². The Balaban J connectivity index is 1.38. The van der Waals surface area contributed by atoms with Crippen molar-refractivity contribution in [2.24, 2.45) is 0 Å². The maximum Gasteiger partial charge on any atom is 0.586 e. The molecule has 1 aliphatic heterocycles. The van der Waals surface area contributed by atoms with Crippen molar-refractivity contribution in [3.8, 4) is 17.2 Å². The Bertz CT molecular complexity index is 1130. The third-order valence-electron chi connectivity index (χ3n) is 3.61. The van der Waals surface area contributed by atoms with Crippen molar-refractivity contribution < 1.29 is 27.4 Å². The Labute approximate surface area is 175 Å². The molecule has 12 heteroatoms. The Morgan fingerprint density at radius 3 is 2.69 bits per heavy atom. The maximum absolute atomic E-state index is 13.1. The molecule has 0 radical (unpaired) electrons. The van der Waals surface area contributed by atoms with Gasteiger partial charge in [-0.3, -0.25) is 4.79 Å². The van der Waals surface area contributed by atoms with Gasteiger partial charge in [-0.1, -0.05) is 23.1 Å². The number of anilines is 1. The summed E-state index contributed by atoms with van der Waals surface area (Å²) in [5, 5.41) is 6.91. The molecule has 1 N–H and O–H groups in total. The number of amides is 1. The van der Waals surface area contributed by atoms with Crippen molar-refractivity contribution in [1.29, 1.82) is 0 Å². The minimum Gasteiger partial charge on any atom is -0.395 e. The molecule has 29 heavy (non-hydrogen) atoms. The van der Waals surface area contributed by atoms with Crippen LogP contribution in [0.2, 0.25) is 0 Å². The molecule has 0 fully saturated rings. The number of hydrogen-bond acceptors (Lipinski definition) is 7. The van der Waals surface area contributed by atoms with Crippen LogP contribution < -0.4 is 14.8 Å². The number of hydrogen-bond donors (Lipinski definition) is 1. The van der Waals surface area contributed by atoms with Gasteiger partial charge in [-0.05, 0) is 48.6 Å². The first-order valence-corrected chi connectivity index (χ1v) is 10.2. The fourth-order valence-electron chi connectivity index (χ4n) is 2.42. The lowest BCUT2D eigenvalue weighted by atomic mass is 10.3. The second-order valence-corrected chi connectivity index (χ2v) is 8.53. The largest absolute Gasteiger partial charge is 0.586 e. The molecule has 4 rings (SSSR count). The molecular formula is C17H10F3N3O3S3. The normalized spacial score (nSPS) is 14.0. The van der Waals surface area contributed by atoms with Crippen molar-refractivity contribution in [2.75, 3.05) is 11.1 Å². The van der Waals surface area contributed by atoms with E-state index < -0.39 is 6.29 Å². The average molecular weight is 457 g/mol. The van der Waals surface area contributed by atoms with Gasteiger partial charge in [-0.2, -0.15) is 0 Å². The van der Waals surface area contributed by atoms with Crippen molar-refractivity contribution in [2.45, 2.75) is 10.6 Å². The van der Waals surface area contributed by atoms with Crippen LogP contribution in [0.5, 0.6) is 11.5 Å². The smallest absolute Gasteiger partial charge is 0.395 e. The summed E-state index contributed by atoms with van der Waals surface area (Å²) in [5.41, 5.74) is 0.904. The number of carbonyl (C=O) groups is 1. The molecule has 0 unspecified atom stereocenters. The lowest BCUT2D eigenvalue weighted by Crippen LogP contribution is -2.25. The number of nitrogens with zero attached hydrogens (tertiary/aromatic N) is 2. The van der Waals surface area contributed by atoms with Crippen LogP contribution in [0.3, 0.4) is 0 Å². The number of nitrogens with one attached hydrogen (secondary N) is 1. The Kier molecular flexibility index (Phi) is 5.23. The van der Waals surface area contributed by atoms with E-state index in [2.05, 4.69) is 19.9 Å². The first kappa shape index (κ1) is 19.7. The number of aromatic nitrogens is 2. The Morgan fingerprint density at radius 2 is 1.93 bits per heavy atom. The molecule has 0 saturated carbocycles. The van der Waals surface area contributed by atoms with Crippen LogP contribution in [0.1, 0.15) is 0 Å². The zero-order chi connectivity index (χ0) is 20.6. The van der Waals surface area contributed by atoms with Crippen LogP contribution in [0, 0.1) is 9.77 Å². The number of ether oxygens (including phenoxy) is 2. The third-order valence-corrected chi connectivity index (χ3v) is 5.98. The predicted molar refractivity (Wildman–Crippen MR) is 104 cm³/mol. The maximum atomic E-state index is 13.1. The molecule has 1 amide bonds. The Morgan fingerprint density at radius 1 is 1.21 bits per heavy atom. The number of alkyl halides is 2. The summed E-state index contributed by atoms with van der Waals surface area (Å²) in [6.07, 6.45) is -3.71. The van der Waals surface area contributed by atoms with Crippen molar-refractivity contribution in [1.82, 2.24) is 9.78 Å². The molecule has 2 aromatic carbocycles. The van der Waals surface area contributed by atoms with Gasteiger partial charge in [0, 0.05) is 11.8 Å². The highest BCUT2D eigenvalue weighted by atomic mass is 32.2. The average Bonchev–Trinajstić information content (AvgIpc) is 3.18. The highest BCUT2D eigenvalue weighted by Gasteiger charge is 2.43. The number of fused-ring (bicyclic) bond motifs is 1. The quantitative estimate of drug-likeness (QED) is 0.436. The van der Waals surface area contributed by atoms with Gasteiger partial charge in [0.15, 0.2) is 19.8 Å². The van der Waals surface area contributed by atoms with Crippen LogP contribution >= 0.6 is 35.3 Å². The zero-order valence-electron chi connectivity index (χ0n) is 14.2. The molecule has 1 aliphatic rings. The topological polar surface area (TPSA) is 65.4 Å². The van der Waals surface area contributed by atoms with Gasteiger partial charge in [0.1, 0.15) is 5.82 Å². The first-order valence-electron chi connectivity index (χ1n) is 7.98. The Hall–Kier alpha value is -2.57. The molecule has 6 nitrogen and oxygen atoms in total. The molecule has 0 atom stereocenters. The van der Waals surface area contributed by atoms with Gasteiger partial charge < -0.3 is 14.8 Å². The summed E-state index contributed by atoms with van der Waals surface area (Å²) in [6, 6.07) is 9.68. The van der Waals surface area contributed by atoms with E-state index in [-0.39, 0.29) is 29.0 Å². The second-order valence-electron chi connectivity index (χ2n) is 5.69. The monoisotopic (exact) mass is 457 g/mol. The molecule has 150 valence electrons. The van der Waals surface area contributed by atoms with Crippen molar-refractivity contribution in [3.63, 3.8) is 0 Å².